The summed E-state index contributed by atoms with van der Waals surface area (Å²) in [4.78, 5) is 24.9. The van der Waals surface area contributed by atoms with E-state index in [9.17, 15) is 14.9 Å². The third kappa shape index (κ3) is 3.21. The number of nitro groups is 1. The summed E-state index contributed by atoms with van der Waals surface area (Å²) in [7, 11) is 0. The van der Waals surface area contributed by atoms with E-state index in [1.54, 1.807) is 17.0 Å². The number of nitro benzene ring substituents is 1. The lowest BCUT2D eigenvalue weighted by molar-refractivity contribution is -0.385. The number of carbonyl (C=O) groups excluding carboxylic acids is 1. The van der Waals surface area contributed by atoms with E-state index in [0.717, 1.165) is 12.0 Å². The zero-order valence-corrected chi connectivity index (χ0v) is 12.4. The molecule has 0 bridgehead atoms. The number of nitrogens with two attached hydrogens (primary N) is 1. The maximum absolute atomic E-state index is 12.6. The van der Waals surface area contributed by atoms with Crippen molar-refractivity contribution in [1.82, 2.24) is 4.90 Å². The molecular formula is C15H21N3O3. The topological polar surface area (TPSA) is 89.5 Å². The average Bonchev–Trinajstić information content (AvgIpc) is 2.46. The van der Waals surface area contributed by atoms with Crippen molar-refractivity contribution in [2.24, 2.45) is 17.6 Å². The Kier molecular flexibility index (Phi) is 4.57. The highest BCUT2D eigenvalue weighted by Crippen LogP contribution is 2.26. The number of benzene rings is 1. The highest BCUT2D eigenvalue weighted by atomic mass is 16.6. The van der Waals surface area contributed by atoms with Gasteiger partial charge < -0.3 is 10.6 Å². The van der Waals surface area contributed by atoms with Crippen LogP contribution in [-0.4, -0.2) is 35.4 Å². The quantitative estimate of drug-likeness (QED) is 0.681. The zero-order chi connectivity index (χ0) is 15.6. The molecule has 2 rings (SSSR count). The first-order valence-electron chi connectivity index (χ1n) is 7.18. The maximum Gasteiger partial charge on any atom is 0.282 e. The molecule has 21 heavy (non-hydrogen) atoms. The molecule has 2 unspecified atom stereocenters. The maximum atomic E-state index is 12.6. The van der Waals surface area contributed by atoms with Crippen LogP contribution in [0, 0.1) is 28.9 Å². The Morgan fingerprint density at radius 2 is 2.24 bits per heavy atom. The molecule has 6 heteroatoms. The summed E-state index contributed by atoms with van der Waals surface area (Å²) < 4.78 is 0. The van der Waals surface area contributed by atoms with Gasteiger partial charge in [-0.25, -0.2) is 0 Å². The molecule has 0 radical (unpaired) electrons. The molecule has 1 saturated heterocycles. The highest BCUT2D eigenvalue weighted by Gasteiger charge is 2.31. The number of amides is 1. The minimum atomic E-state index is -0.500. The number of piperidine rings is 1. The summed E-state index contributed by atoms with van der Waals surface area (Å²) in [6.45, 7) is 5.68. The normalized spacial score (nSPS) is 22.1. The van der Waals surface area contributed by atoms with Gasteiger partial charge in [-0.1, -0.05) is 13.0 Å². The van der Waals surface area contributed by atoms with Gasteiger partial charge in [0.2, 0.25) is 0 Å². The third-order valence-corrected chi connectivity index (χ3v) is 4.28. The molecule has 1 amide bonds. The van der Waals surface area contributed by atoms with Gasteiger partial charge in [0, 0.05) is 19.2 Å². The molecule has 0 spiro atoms. The molecule has 0 aromatic heterocycles. The minimum Gasteiger partial charge on any atom is -0.338 e. The number of hydrogen-bond donors (Lipinski definition) is 1. The number of nitrogens with zero attached hydrogens (tertiary/aromatic N) is 2. The van der Waals surface area contributed by atoms with Crippen molar-refractivity contribution in [2.45, 2.75) is 20.3 Å². The second-order valence-electron chi connectivity index (χ2n) is 5.79. The van der Waals surface area contributed by atoms with Gasteiger partial charge >= 0.3 is 0 Å². The Hall–Kier alpha value is -1.95. The van der Waals surface area contributed by atoms with Crippen molar-refractivity contribution in [1.29, 1.82) is 0 Å². The fourth-order valence-electron chi connectivity index (χ4n) is 2.79. The largest absolute Gasteiger partial charge is 0.338 e. The monoisotopic (exact) mass is 291 g/mol. The molecule has 1 fully saturated rings. The van der Waals surface area contributed by atoms with E-state index in [1.807, 2.05) is 6.92 Å². The van der Waals surface area contributed by atoms with Crippen LogP contribution in [0.25, 0.3) is 0 Å². The molecule has 1 aliphatic rings. The average molecular weight is 291 g/mol. The Bertz CT molecular complexity index is 559. The van der Waals surface area contributed by atoms with Crippen LogP contribution < -0.4 is 5.73 Å². The Labute approximate surface area is 124 Å². The fraction of sp³-hybridized carbons (Fsp3) is 0.533. The van der Waals surface area contributed by atoms with E-state index in [4.69, 9.17) is 5.73 Å². The van der Waals surface area contributed by atoms with Gasteiger partial charge in [-0.05, 0) is 43.4 Å². The Balaban J connectivity index is 2.28. The van der Waals surface area contributed by atoms with Gasteiger partial charge in [0.05, 0.1) is 4.92 Å². The smallest absolute Gasteiger partial charge is 0.282 e. The van der Waals surface area contributed by atoms with Crippen LogP contribution in [0.15, 0.2) is 18.2 Å². The van der Waals surface area contributed by atoms with Crippen molar-refractivity contribution in [2.75, 3.05) is 19.6 Å². The SMILES string of the molecule is Cc1ccc([N+](=O)[O-])c(C(=O)N2CCC(C)C(CN)C2)c1. The van der Waals surface area contributed by atoms with E-state index >= 15 is 0 Å². The Morgan fingerprint density at radius 1 is 1.52 bits per heavy atom. The van der Waals surface area contributed by atoms with Crippen LogP contribution >= 0.6 is 0 Å². The predicted octanol–water partition coefficient (Wildman–Crippen LogP) is 1.96. The number of carbonyl (C=O) groups is 1. The van der Waals surface area contributed by atoms with E-state index in [0.29, 0.717) is 25.6 Å². The predicted molar refractivity (Wildman–Crippen MR) is 80.1 cm³/mol. The van der Waals surface area contributed by atoms with Gasteiger partial charge in [-0.2, -0.15) is 0 Å². The lowest BCUT2D eigenvalue weighted by Gasteiger charge is -2.36. The molecule has 1 aromatic rings. The summed E-state index contributed by atoms with van der Waals surface area (Å²) in [5, 5.41) is 11.1. The van der Waals surface area contributed by atoms with E-state index in [1.165, 1.54) is 6.07 Å². The van der Waals surface area contributed by atoms with Crippen LogP contribution in [0.1, 0.15) is 29.3 Å². The number of likely N-dealkylation sites (tertiary alicyclic amines) is 1. The first-order valence-corrected chi connectivity index (χ1v) is 7.18. The van der Waals surface area contributed by atoms with Crippen molar-refractivity contribution >= 4 is 11.6 Å². The molecule has 0 saturated carbocycles. The summed E-state index contributed by atoms with van der Waals surface area (Å²) >= 11 is 0. The second kappa shape index (κ2) is 6.22. The van der Waals surface area contributed by atoms with Crippen LogP contribution in [0.5, 0.6) is 0 Å². The lowest BCUT2D eigenvalue weighted by atomic mass is 9.87. The molecule has 114 valence electrons. The highest BCUT2D eigenvalue weighted by molar-refractivity contribution is 5.98. The summed E-state index contributed by atoms with van der Waals surface area (Å²) in [6, 6.07) is 4.64. The molecule has 2 N–H and O–H groups in total. The van der Waals surface area contributed by atoms with Crippen molar-refractivity contribution < 1.29 is 9.72 Å². The summed E-state index contributed by atoms with van der Waals surface area (Å²) in [5.74, 6) is 0.467. The van der Waals surface area contributed by atoms with Crippen LogP contribution in [0.2, 0.25) is 0 Å². The van der Waals surface area contributed by atoms with Gasteiger partial charge in [-0.3, -0.25) is 14.9 Å². The van der Waals surface area contributed by atoms with Gasteiger partial charge in [0.15, 0.2) is 0 Å². The molecular weight excluding hydrogens is 270 g/mol. The second-order valence-corrected chi connectivity index (χ2v) is 5.79. The standard InChI is InChI=1S/C15H21N3O3/c1-10-3-4-14(18(20)21)13(7-10)15(19)17-6-5-11(2)12(8-16)9-17/h3-4,7,11-12H,5-6,8-9,16H2,1-2H3. The van der Waals surface area contributed by atoms with Crippen molar-refractivity contribution in [3.05, 3.63) is 39.4 Å². The van der Waals surface area contributed by atoms with Crippen molar-refractivity contribution in [3.63, 3.8) is 0 Å². The van der Waals surface area contributed by atoms with Gasteiger partial charge in [0.1, 0.15) is 5.56 Å². The summed E-state index contributed by atoms with van der Waals surface area (Å²) in [6.07, 6.45) is 0.882. The van der Waals surface area contributed by atoms with E-state index < -0.39 is 4.92 Å². The van der Waals surface area contributed by atoms with Gasteiger partial charge in [0.25, 0.3) is 11.6 Å². The zero-order valence-electron chi connectivity index (χ0n) is 12.4. The minimum absolute atomic E-state index is 0.131. The lowest BCUT2D eigenvalue weighted by Crippen LogP contribution is -2.45. The number of aryl methyl sites for hydroxylation is 1. The van der Waals surface area contributed by atoms with Gasteiger partial charge in [-0.15, -0.1) is 0 Å². The Morgan fingerprint density at radius 3 is 2.86 bits per heavy atom. The molecule has 2 atom stereocenters. The molecule has 6 nitrogen and oxygen atoms in total. The van der Waals surface area contributed by atoms with E-state index in [2.05, 4.69) is 6.92 Å². The van der Waals surface area contributed by atoms with Crippen LogP contribution in [-0.2, 0) is 0 Å². The molecule has 1 heterocycles. The third-order valence-electron chi connectivity index (χ3n) is 4.28. The number of hydrogen-bond acceptors (Lipinski definition) is 4. The molecule has 1 aromatic carbocycles. The van der Waals surface area contributed by atoms with Crippen LogP contribution in [0.3, 0.4) is 0 Å². The van der Waals surface area contributed by atoms with Crippen molar-refractivity contribution in [3.8, 4) is 0 Å². The molecule has 0 aliphatic carbocycles. The molecule has 1 aliphatic heterocycles. The van der Waals surface area contributed by atoms with Crippen LogP contribution in [0.4, 0.5) is 5.69 Å². The first kappa shape index (κ1) is 15.4. The fourth-order valence-corrected chi connectivity index (χ4v) is 2.79. The number of rotatable bonds is 3. The van der Waals surface area contributed by atoms with E-state index in [-0.39, 0.29) is 23.1 Å². The first-order chi connectivity index (χ1) is 9.93. The summed E-state index contributed by atoms with van der Waals surface area (Å²) in [5.41, 5.74) is 6.63.